The lowest BCUT2D eigenvalue weighted by Crippen LogP contribution is -1.96. The summed E-state index contributed by atoms with van der Waals surface area (Å²) in [4.78, 5) is 0. The van der Waals surface area contributed by atoms with Crippen LogP contribution < -0.4 is 5.43 Å². The molecule has 0 saturated carbocycles. The largest absolute Gasteiger partial charge is 0.350 e. The van der Waals surface area contributed by atoms with E-state index >= 15 is 0 Å². The molecular formula is C12H9N5. The fourth-order valence-corrected chi connectivity index (χ4v) is 1.53. The van der Waals surface area contributed by atoms with Gasteiger partial charge in [0, 0.05) is 18.8 Å². The van der Waals surface area contributed by atoms with Crippen LogP contribution in [-0.4, -0.2) is 10.3 Å². The molecule has 0 spiro atoms. The number of nitrogens with one attached hydrogen (secondary N) is 1. The second kappa shape index (κ2) is 4.38. The highest BCUT2D eigenvalue weighted by molar-refractivity contribution is 6.10. The van der Waals surface area contributed by atoms with E-state index < -0.39 is 0 Å². The molecule has 17 heavy (non-hydrogen) atoms. The summed E-state index contributed by atoms with van der Waals surface area (Å²) in [5.41, 5.74) is 4.28. The molecular weight excluding hydrogens is 214 g/mol. The lowest BCUT2D eigenvalue weighted by Gasteiger charge is -2.01. The van der Waals surface area contributed by atoms with Crippen molar-refractivity contribution < 1.29 is 0 Å². The maximum Gasteiger partial charge on any atom is 0.237 e. The molecule has 0 unspecified atom stereocenters. The van der Waals surface area contributed by atoms with Crippen LogP contribution in [0.5, 0.6) is 0 Å². The number of rotatable bonds is 2. The lowest BCUT2D eigenvalue weighted by atomic mass is 10.2. The minimum Gasteiger partial charge on any atom is -0.350 e. The van der Waals surface area contributed by atoms with Crippen LogP contribution in [-0.2, 0) is 7.05 Å². The third-order valence-electron chi connectivity index (χ3n) is 2.40. The Morgan fingerprint density at radius 2 is 2.06 bits per heavy atom. The summed E-state index contributed by atoms with van der Waals surface area (Å²) >= 11 is 0. The van der Waals surface area contributed by atoms with Crippen molar-refractivity contribution in [3.63, 3.8) is 0 Å². The molecule has 0 radical (unpaired) electrons. The van der Waals surface area contributed by atoms with Crippen LogP contribution in [0.2, 0.25) is 0 Å². The summed E-state index contributed by atoms with van der Waals surface area (Å²) in [6, 6.07) is 11.1. The molecule has 2 aromatic rings. The minimum absolute atomic E-state index is 0.197. The fourth-order valence-electron chi connectivity index (χ4n) is 1.53. The van der Waals surface area contributed by atoms with E-state index in [0.717, 1.165) is 16.6 Å². The van der Waals surface area contributed by atoms with Gasteiger partial charge in [0.05, 0.1) is 5.69 Å². The number of nitrogens with zero attached hydrogens (tertiary/aromatic N) is 4. The van der Waals surface area contributed by atoms with Gasteiger partial charge in [0.25, 0.3) is 0 Å². The number of aromatic nitrogens is 1. The highest BCUT2D eigenvalue weighted by Gasteiger charge is 1.99. The molecule has 5 heteroatoms. The molecule has 1 aromatic carbocycles. The second-order valence-electron chi connectivity index (χ2n) is 3.50. The maximum atomic E-state index is 8.54. The first-order valence-corrected chi connectivity index (χ1v) is 4.93. The summed E-state index contributed by atoms with van der Waals surface area (Å²) < 4.78 is 1.99. The average Bonchev–Trinajstić information content (AvgIpc) is 2.72. The molecule has 1 N–H and O–H groups in total. The topological polar surface area (TPSA) is 76.9 Å². The molecule has 0 bridgehead atoms. The highest BCUT2D eigenvalue weighted by Crippen LogP contribution is 2.19. The van der Waals surface area contributed by atoms with Gasteiger partial charge >= 0.3 is 0 Å². The van der Waals surface area contributed by atoms with Gasteiger partial charge in [-0.25, -0.2) is 0 Å². The predicted molar refractivity (Wildman–Crippen MR) is 65.2 cm³/mol. The van der Waals surface area contributed by atoms with Gasteiger partial charge in [-0.2, -0.15) is 15.6 Å². The van der Waals surface area contributed by atoms with Crippen LogP contribution in [0.1, 0.15) is 0 Å². The Balaban J connectivity index is 2.32. The molecule has 0 atom stereocenters. The standard InChI is InChI=1S/C12H9N5/c1-17-5-4-9-2-3-10(6-12(9)17)15-16-11(7-13)8-14/h2-6,15H,1H3. The van der Waals surface area contributed by atoms with Gasteiger partial charge in [-0.05, 0) is 23.6 Å². The van der Waals surface area contributed by atoms with Crippen LogP contribution in [0.25, 0.3) is 10.9 Å². The first-order chi connectivity index (χ1) is 8.24. The zero-order chi connectivity index (χ0) is 12.3. The third kappa shape index (κ3) is 2.09. The van der Waals surface area contributed by atoms with Gasteiger partial charge in [-0.1, -0.05) is 6.07 Å². The van der Waals surface area contributed by atoms with Crippen molar-refractivity contribution in [2.45, 2.75) is 0 Å². The Bertz CT molecular complexity index is 650. The molecule has 1 aromatic heterocycles. The van der Waals surface area contributed by atoms with E-state index in [2.05, 4.69) is 10.5 Å². The van der Waals surface area contributed by atoms with E-state index in [1.807, 2.05) is 42.1 Å². The van der Waals surface area contributed by atoms with Gasteiger partial charge in [0.15, 0.2) is 0 Å². The number of fused-ring (bicyclic) bond motifs is 1. The molecule has 82 valence electrons. The van der Waals surface area contributed by atoms with Crippen molar-refractivity contribution in [2.75, 3.05) is 5.43 Å². The molecule has 1 heterocycles. The van der Waals surface area contributed by atoms with Crippen LogP contribution >= 0.6 is 0 Å². The average molecular weight is 223 g/mol. The molecule has 0 aliphatic rings. The van der Waals surface area contributed by atoms with Crippen molar-refractivity contribution in [3.05, 3.63) is 30.5 Å². The van der Waals surface area contributed by atoms with Crippen LogP contribution in [0, 0.1) is 22.7 Å². The number of hydrazone groups is 1. The predicted octanol–water partition coefficient (Wildman–Crippen LogP) is 1.99. The van der Waals surface area contributed by atoms with E-state index in [1.54, 1.807) is 12.1 Å². The monoisotopic (exact) mass is 223 g/mol. The van der Waals surface area contributed by atoms with Gasteiger partial charge in [0.2, 0.25) is 5.71 Å². The smallest absolute Gasteiger partial charge is 0.237 e. The Labute approximate surface area is 98.2 Å². The SMILES string of the molecule is Cn1ccc2ccc(NN=C(C#N)C#N)cc21. The molecule has 5 nitrogen and oxygen atoms in total. The van der Waals surface area contributed by atoms with Crippen molar-refractivity contribution >= 4 is 22.3 Å². The first-order valence-electron chi connectivity index (χ1n) is 4.93. The number of hydrogen-bond donors (Lipinski definition) is 1. The number of aryl methyl sites for hydroxylation is 1. The van der Waals surface area contributed by atoms with Gasteiger partial charge in [0.1, 0.15) is 12.1 Å². The summed E-state index contributed by atoms with van der Waals surface area (Å²) in [6.45, 7) is 0. The third-order valence-corrected chi connectivity index (χ3v) is 2.40. The quantitative estimate of drug-likeness (QED) is 0.624. The Morgan fingerprint density at radius 3 is 2.76 bits per heavy atom. The first kappa shape index (κ1) is 10.7. The highest BCUT2D eigenvalue weighted by atomic mass is 15.3. The summed E-state index contributed by atoms with van der Waals surface area (Å²) in [5.74, 6) is 0. The fraction of sp³-hybridized carbons (Fsp3) is 0.0833. The van der Waals surface area contributed by atoms with E-state index in [4.69, 9.17) is 10.5 Å². The van der Waals surface area contributed by atoms with E-state index in [9.17, 15) is 0 Å². The van der Waals surface area contributed by atoms with Crippen molar-refractivity contribution in [1.29, 1.82) is 10.5 Å². The lowest BCUT2D eigenvalue weighted by molar-refractivity contribution is 0.969. The molecule has 0 aliphatic heterocycles. The van der Waals surface area contributed by atoms with Gasteiger partial charge in [-0.3, -0.25) is 5.43 Å². The minimum atomic E-state index is -0.197. The number of anilines is 1. The van der Waals surface area contributed by atoms with E-state index in [-0.39, 0.29) is 5.71 Å². The summed E-state index contributed by atoms with van der Waals surface area (Å²) in [6.07, 6.45) is 1.97. The molecule has 0 aliphatic carbocycles. The van der Waals surface area contributed by atoms with Gasteiger partial charge in [-0.15, -0.1) is 0 Å². The number of nitriles is 2. The van der Waals surface area contributed by atoms with Crippen molar-refractivity contribution in [1.82, 2.24) is 4.57 Å². The molecule has 0 amide bonds. The Hall–Kier alpha value is -2.79. The second-order valence-corrected chi connectivity index (χ2v) is 3.50. The van der Waals surface area contributed by atoms with Crippen LogP contribution in [0.4, 0.5) is 5.69 Å². The van der Waals surface area contributed by atoms with E-state index in [1.165, 1.54) is 0 Å². The van der Waals surface area contributed by atoms with Crippen LogP contribution in [0.15, 0.2) is 35.6 Å². The molecule has 2 rings (SSSR count). The summed E-state index contributed by atoms with van der Waals surface area (Å²) in [5, 5.41) is 21.9. The van der Waals surface area contributed by atoms with E-state index in [0.29, 0.717) is 0 Å². The molecule has 0 fully saturated rings. The Morgan fingerprint density at radius 1 is 1.29 bits per heavy atom. The molecule has 0 saturated heterocycles. The zero-order valence-corrected chi connectivity index (χ0v) is 9.18. The van der Waals surface area contributed by atoms with Crippen LogP contribution in [0.3, 0.4) is 0 Å². The summed E-state index contributed by atoms with van der Waals surface area (Å²) in [7, 11) is 1.95. The number of benzene rings is 1. The number of hydrogen-bond acceptors (Lipinski definition) is 4. The van der Waals surface area contributed by atoms with Crippen molar-refractivity contribution in [3.8, 4) is 12.1 Å². The Kier molecular flexibility index (Phi) is 2.76. The normalized spacial score (nSPS) is 9.35. The van der Waals surface area contributed by atoms with Gasteiger partial charge < -0.3 is 4.57 Å². The maximum absolute atomic E-state index is 8.54. The zero-order valence-electron chi connectivity index (χ0n) is 9.18. The van der Waals surface area contributed by atoms with Crippen molar-refractivity contribution in [2.24, 2.45) is 12.1 Å².